The lowest BCUT2D eigenvalue weighted by molar-refractivity contribution is 1.02. The van der Waals surface area contributed by atoms with Crippen molar-refractivity contribution in [3.8, 4) is 16.8 Å². The Morgan fingerprint density at radius 3 is 1.97 bits per heavy atom. The molecular weight excluding hydrogens is 404 g/mol. The number of nitrogens with zero attached hydrogens (tertiary/aromatic N) is 2. The average Bonchev–Trinajstić information content (AvgIpc) is 3.21. The molecule has 3 heteroatoms. The summed E-state index contributed by atoms with van der Waals surface area (Å²) in [6.45, 7) is 10.1. The van der Waals surface area contributed by atoms with Crippen LogP contribution < -0.4 is 5.56 Å². The maximum Gasteiger partial charge on any atom is 0.280 e. The highest BCUT2D eigenvalue weighted by molar-refractivity contribution is 5.96. The molecule has 0 spiro atoms. The molecule has 0 aliphatic rings. The van der Waals surface area contributed by atoms with E-state index >= 15 is 0 Å². The summed E-state index contributed by atoms with van der Waals surface area (Å²) < 4.78 is 3.87. The zero-order valence-corrected chi connectivity index (χ0v) is 19.3. The third-order valence-corrected chi connectivity index (χ3v) is 5.62. The zero-order chi connectivity index (χ0) is 23.4. The van der Waals surface area contributed by atoms with Gasteiger partial charge < -0.3 is 4.40 Å². The van der Waals surface area contributed by atoms with Crippen molar-refractivity contribution in [1.82, 2.24) is 8.97 Å². The molecule has 2 heterocycles. The third-order valence-electron chi connectivity index (χ3n) is 5.62. The Morgan fingerprint density at radius 1 is 0.788 bits per heavy atom. The zero-order valence-electron chi connectivity index (χ0n) is 19.3. The van der Waals surface area contributed by atoms with Gasteiger partial charge in [0, 0.05) is 16.8 Å². The molecule has 164 valence electrons. The minimum absolute atomic E-state index is 0.0531. The van der Waals surface area contributed by atoms with Gasteiger partial charge >= 0.3 is 0 Å². The smallest absolute Gasteiger partial charge is 0.280 e. The molecule has 2 aromatic heterocycles. The molecule has 0 N–H and O–H groups in total. The molecule has 0 unspecified atom stereocenters. The Hall–Kier alpha value is -4.11. The van der Waals surface area contributed by atoms with E-state index in [1.54, 1.807) is 0 Å². The molecule has 0 aliphatic carbocycles. The molecule has 0 fully saturated rings. The van der Waals surface area contributed by atoms with Gasteiger partial charge in [0.2, 0.25) is 0 Å². The number of aromatic nitrogens is 2. The molecule has 0 amide bonds. The van der Waals surface area contributed by atoms with Crippen LogP contribution >= 0.6 is 0 Å². The number of fused-ring (bicyclic) bond motifs is 3. The van der Waals surface area contributed by atoms with E-state index in [-0.39, 0.29) is 5.56 Å². The highest BCUT2D eigenvalue weighted by Crippen LogP contribution is 2.36. The molecule has 5 aromatic rings. The second-order valence-electron chi connectivity index (χ2n) is 7.39. The standard InChI is InChI=1S/C28H22N2O.C2H6/c1-3-13-22-23(4-2)30-25-19-12-11-18-24(25)29(21-16-9-6-10-17-21)28(31)27(30)26(22)20-14-7-5-8-15-20;1-2/h3-19H,2H2,1H3;1-2H3/b13-3-;. The van der Waals surface area contributed by atoms with Crippen LogP contribution in [0.2, 0.25) is 0 Å². The molecule has 3 aromatic carbocycles. The molecule has 0 radical (unpaired) electrons. The molecule has 33 heavy (non-hydrogen) atoms. The van der Waals surface area contributed by atoms with Crippen LogP contribution in [0.4, 0.5) is 0 Å². The predicted molar refractivity (Wildman–Crippen MR) is 142 cm³/mol. The van der Waals surface area contributed by atoms with Crippen molar-refractivity contribution in [2.75, 3.05) is 0 Å². The van der Waals surface area contributed by atoms with E-state index in [9.17, 15) is 4.79 Å². The minimum atomic E-state index is -0.0531. The lowest BCUT2D eigenvalue weighted by Gasteiger charge is -2.14. The summed E-state index contributed by atoms with van der Waals surface area (Å²) in [5.74, 6) is 0. The van der Waals surface area contributed by atoms with Crippen LogP contribution in [0.5, 0.6) is 0 Å². The highest BCUT2D eigenvalue weighted by atomic mass is 16.1. The van der Waals surface area contributed by atoms with Crippen molar-refractivity contribution in [3.05, 3.63) is 119 Å². The first-order valence-corrected chi connectivity index (χ1v) is 11.3. The average molecular weight is 433 g/mol. The Kier molecular flexibility index (Phi) is 6.41. The SMILES string of the molecule is C=Cc1c(/C=C\C)c(-c2ccccc2)c2c(=O)n(-c3ccccc3)c3ccccc3n12.CC. The Labute approximate surface area is 194 Å². The van der Waals surface area contributed by atoms with Gasteiger partial charge in [-0.2, -0.15) is 0 Å². The summed E-state index contributed by atoms with van der Waals surface area (Å²) in [7, 11) is 0. The molecule has 0 saturated carbocycles. The quantitative estimate of drug-likeness (QED) is 0.287. The van der Waals surface area contributed by atoms with Crippen molar-refractivity contribution in [3.63, 3.8) is 0 Å². The van der Waals surface area contributed by atoms with E-state index in [1.807, 2.05) is 104 Å². The van der Waals surface area contributed by atoms with Crippen LogP contribution in [0.25, 0.3) is 45.5 Å². The molecular formula is C30H28N2O. The monoisotopic (exact) mass is 432 g/mol. The van der Waals surface area contributed by atoms with E-state index < -0.39 is 0 Å². The van der Waals surface area contributed by atoms with E-state index in [0.717, 1.165) is 39.1 Å². The maximum absolute atomic E-state index is 14.1. The van der Waals surface area contributed by atoms with Crippen LogP contribution in [0.3, 0.4) is 0 Å². The number of allylic oxidation sites excluding steroid dienone is 1. The van der Waals surface area contributed by atoms with E-state index in [1.165, 1.54) is 0 Å². The van der Waals surface area contributed by atoms with Gasteiger partial charge in [-0.3, -0.25) is 9.36 Å². The van der Waals surface area contributed by atoms with Gasteiger partial charge in [0.25, 0.3) is 5.56 Å². The lowest BCUT2D eigenvalue weighted by atomic mass is 10.0. The fourth-order valence-corrected chi connectivity index (χ4v) is 4.39. The molecule has 0 saturated heterocycles. The minimum Gasteiger partial charge on any atom is -0.302 e. The topological polar surface area (TPSA) is 26.4 Å². The van der Waals surface area contributed by atoms with E-state index in [2.05, 4.69) is 35.3 Å². The van der Waals surface area contributed by atoms with Crippen LogP contribution in [-0.2, 0) is 0 Å². The summed E-state index contributed by atoms with van der Waals surface area (Å²) >= 11 is 0. The molecule has 3 nitrogen and oxygen atoms in total. The number of benzene rings is 3. The molecule has 0 aliphatic heterocycles. The van der Waals surface area contributed by atoms with Gasteiger partial charge in [-0.25, -0.2) is 0 Å². The summed E-state index contributed by atoms with van der Waals surface area (Å²) in [5, 5.41) is 0. The van der Waals surface area contributed by atoms with Gasteiger partial charge in [-0.05, 0) is 42.8 Å². The fraction of sp³-hybridized carbons (Fsp3) is 0.100. The second-order valence-corrected chi connectivity index (χ2v) is 7.39. The third kappa shape index (κ3) is 3.62. The Bertz CT molecular complexity index is 1500. The first kappa shape index (κ1) is 22.1. The lowest BCUT2D eigenvalue weighted by Crippen LogP contribution is -2.21. The van der Waals surface area contributed by atoms with Crippen LogP contribution in [0, 0.1) is 0 Å². The van der Waals surface area contributed by atoms with Gasteiger partial charge in [0.05, 0.1) is 16.7 Å². The molecule has 5 rings (SSSR count). The Morgan fingerprint density at radius 2 is 1.36 bits per heavy atom. The summed E-state index contributed by atoms with van der Waals surface area (Å²) in [6.07, 6.45) is 5.91. The van der Waals surface area contributed by atoms with Crippen LogP contribution in [-0.4, -0.2) is 8.97 Å². The van der Waals surface area contributed by atoms with Crippen molar-refractivity contribution in [2.24, 2.45) is 0 Å². The van der Waals surface area contributed by atoms with Crippen molar-refractivity contribution in [2.45, 2.75) is 20.8 Å². The fourth-order valence-electron chi connectivity index (χ4n) is 4.39. The summed E-state index contributed by atoms with van der Waals surface area (Å²) in [4.78, 5) is 14.1. The van der Waals surface area contributed by atoms with Gasteiger partial charge in [0.1, 0.15) is 5.52 Å². The van der Waals surface area contributed by atoms with E-state index in [0.29, 0.717) is 5.52 Å². The summed E-state index contributed by atoms with van der Waals surface area (Å²) in [5.41, 5.74) is 7.11. The largest absolute Gasteiger partial charge is 0.302 e. The van der Waals surface area contributed by atoms with Crippen molar-refractivity contribution >= 4 is 28.7 Å². The summed E-state index contributed by atoms with van der Waals surface area (Å²) in [6, 6.07) is 27.9. The second kappa shape index (κ2) is 9.58. The number of rotatable bonds is 4. The number of para-hydroxylation sites is 3. The molecule has 0 bridgehead atoms. The maximum atomic E-state index is 14.1. The number of hydrogen-bond donors (Lipinski definition) is 0. The Balaban J connectivity index is 0.00000126. The van der Waals surface area contributed by atoms with Crippen LogP contribution in [0.1, 0.15) is 32.0 Å². The van der Waals surface area contributed by atoms with Crippen molar-refractivity contribution in [1.29, 1.82) is 0 Å². The van der Waals surface area contributed by atoms with Crippen LogP contribution in [0.15, 0.2) is 102 Å². The first-order chi connectivity index (χ1) is 16.3. The predicted octanol–water partition coefficient (Wildman–Crippen LogP) is 7.61. The normalized spacial score (nSPS) is 11.0. The number of hydrogen-bond acceptors (Lipinski definition) is 1. The van der Waals surface area contributed by atoms with E-state index in [4.69, 9.17) is 0 Å². The van der Waals surface area contributed by atoms with Crippen molar-refractivity contribution < 1.29 is 0 Å². The van der Waals surface area contributed by atoms with Gasteiger partial charge in [-0.1, -0.05) is 93.2 Å². The van der Waals surface area contributed by atoms with Gasteiger partial charge in [0.15, 0.2) is 0 Å². The molecule has 0 atom stereocenters. The highest BCUT2D eigenvalue weighted by Gasteiger charge is 2.23. The first-order valence-electron chi connectivity index (χ1n) is 11.3. The van der Waals surface area contributed by atoms with Gasteiger partial charge in [-0.15, -0.1) is 0 Å².